The summed E-state index contributed by atoms with van der Waals surface area (Å²) in [5.41, 5.74) is 0. The van der Waals surface area contributed by atoms with Gasteiger partial charge in [-0.2, -0.15) is 0 Å². The first kappa shape index (κ1) is 13.4. The van der Waals surface area contributed by atoms with E-state index in [1.54, 1.807) is 0 Å². The minimum atomic E-state index is -0.908. The molecule has 2 rings (SSSR count). The van der Waals surface area contributed by atoms with Crippen molar-refractivity contribution >= 4 is 17.3 Å². The molecule has 2 heterocycles. The van der Waals surface area contributed by atoms with Crippen LogP contribution >= 0.6 is 11.3 Å². The molecule has 0 spiro atoms. The largest absolute Gasteiger partial charge is 0.488 e. The Balaban J connectivity index is 2.16. The van der Waals surface area contributed by atoms with E-state index in [0.717, 1.165) is 17.7 Å². The van der Waals surface area contributed by atoms with Gasteiger partial charge in [0.2, 0.25) is 0 Å². The Bertz CT molecular complexity index is 419. The Hall–Kier alpha value is -1.07. The fraction of sp³-hybridized carbons (Fsp3) is 0.615. The van der Waals surface area contributed by atoms with Crippen molar-refractivity contribution in [3.05, 3.63) is 15.8 Å². The zero-order valence-corrected chi connectivity index (χ0v) is 11.5. The molecule has 5 heteroatoms. The van der Waals surface area contributed by atoms with E-state index in [9.17, 15) is 9.90 Å². The average molecular weight is 270 g/mol. The van der Waals surface area contributed by atoms with E-state index in [-0.39, 0.29) is 6.10 Å². The van der Waals surface area contributed by atoms with Gasteiger partial charge in [0, 0.05) is 17.7 Å². The van der Waals surface area contributed by atoms with Crippen LogP contribution < -0.4 is 4.74 Å². The molecule has 0 saturated carbocycles. The van der Waals surface area contributed by atoms with Crippen LogP contribution in [0.4, 0.5) is 0 Å². The number of ether oxygens (including phenoxy) is 2. The molecule has 0 atom stereocenters. The highest BCUT2D eigenvalue weighted by Crippen LogP contribution is 2.35. The normalized spacial score (nSPS) is 17.1. The molecule has 0 unspecified atom stereocenters. The van der Waals surface area contributed by atoms with Crippen molar-refractivity contribution in [2.24, 2.45) is 0 Å². The van der Waals surface area contributed by atoms with Crippen LogP contribution in [0.15, 0.2) is 6.07 Å². The third-order valence-electron chi connectivity index (χ3n) is 2.94. The van der Waals surface area contributed by atoms with Crippen LogP contribution in [0.2, 0.25) is 0 Å². The number of hydrogen-bond donors (Lipinski definition) is 1. The Morgan fingerprint density at radius 3 is 2.72 bits per heavy atom. The standard InChI is InChI=1S/C13H18O4S/c1-8(2)11-7-10(12(18-11)13(14)15)17-9-3-5-16-6-4-9/h7-9H,3-6H2,1-2H3,(H,14,15). The number of carboxylic acid groups (broad SMARTS) is 1. The maximum Gasteiger partial charge on any atom is 0.349 e. The SMILES string of the molecule is CC(C)c1cc(OC2CCOCC2)c(C(=O)O)s1. The lowest BCUT2D eigenvalue weighted by molar-refractivity contribution is 0.0251. The molecule has 1 aromatic heterocycles. The summed E-state index contributed by atoms with van der Waals surface area (Å²) >= 11 is 1.31. The number of hydrogen-bond acceptors (Lipinski definition) is 4. The summed E-state index contributed by atoms with van der Waals surface area (Å²) in [5.74, 6) is -0.0720. The smallest absolute Gasteiger partial charge is 0.349 e. The lowest BCUT2D eigenvalue weighted by Crippen LogP contribution is -2.26. The molecule has 100 valence electrons. The fourth-order valence-corrected chi connectivity index (χ4v) is 2.82. The topological polar surface area (TPSA) is 55.8 Å². The van der Waals surface area contributed by atoms with Crippen LogP contribution in [0.25, 0.3) is 0 Å². The van der Waals surface area contributed by atoms with Gasteiger partial charge in [0.1, 0.15) is 11.9 Å². The number of aromatic carboxylic acids is 1. The Labute approximate surface area is 111 Å². The molecular formula is C13H18O4S. The second-order valence-corrected chi connectivity index (χ2v) is 5.82. The molecule has 4 nitrogen and oxygen atoms in total. The van der Waals surface area contributed by atoms with Crippen LogP contribution in [-0.4, -0.2) is 30.4 Å². The predicted octanol–water partition coefficient (Wildman–Crippen LogP) is 3.13. The molecule has 1 aliphatic rings. The molecule has 1 N–H and O–H groups in total. The molecule has 0 aromatic carbocycles. The van der Waals surface area contributed by atoms with E-state index in [0.29, 0.717) is 29.8 Å². The lowest BCUT2D eigenvalue weighted by atomic mass is 10.1. The van der Waals surface area contributed by atoms with Crippen molar-refractivity contribution in [1.82, 2.24) is 0 Å². The Kier molecular flexibility index (Phi) is 4.24. The summed E-state index contributed by atoms with van der Waals surface area (Å²) in [7, 11) is 0. The Morgan fingerprint density at radius 1 is 1.50 bits per heavy atom. The number of carbonyl (C=O) groups is 1. The summed E-state index contributed by atoms with van der Waals surface area (Å²) in [6, 6.07) is 1.87. The van der Waals surface area contributed by atoms with Crippen molar-refractivity contribution in [1.29, 1.82) is 0 Å². The van der Waals surface area contributed by atoms with Crippen molar-refractivity contribution in [3.63, 3.8) is 0 Å². The summed E-state index contributed by atoms with van der Waals surface area (Å²) in [4.78, 5) is 12.6. The van der Waals surface area contributed by atoms with E-state index in [4.69, 9.17) is 9.47 Å². The van der Waals surface area contributed by atoms with E-state index in [1.807, 2.05) is 6.07 Å². The maximum atomic E-state index is 11.2. The summed E-state index contributed by atoms with van der Waals surface area (Å²) in [5, 5.41) is 9.20. The zero-order valence-electron chi connectivity index (χ0n) is 10.6. The first-order valence-electron chi connectivity index (χ1n) is 6.19. The van der Waals surface area contributed by atoms with Gasteiger partial charge in [0.05, 0.1) is 13.2 Å². The van der Waals surface area contributed by atoms with Crippen molar-refractivity contribution in [2.75, 3.05) is 13.2 Å². The number of carboxylic acids is 1. The highest BCUT2D eigenvalue weighted by atomic mass is 32.1. The van der Waals surface area contributed by atoms with E-state index in [2.05, 4.69) is 13.8 Å². The minimum Gasteiger partial charge on any atom is -0.488 e. The van der Waals surface area contributed by atoms with Gasteiger partial charge in [0.15, 0.2) is 4.88 Å². The van der Waals surface area contributed by atoms with Crippen molar-refractivity contribution in [3.8, 4) is 5.75 Å². The van der Waals surface area contributed by atoms with E-state index in [1.165, 1.54) is 11.3 Å². The maximum absolute atomic E-state index is 11.2. The fourth-order valence-electron chi connectivity index (χ4n) is 1.89. The average Bonchev–Trinajstić information content (AvgIpc) is 2.74. The van der Waals surface area contributed by atoms with E-state index < -0.39 is 5.97 Å². The van der Waals surface area contributed by atoms with Gasteiger partial charge < -0.3 is 14.6 Å². The molecule has 18 heavy (non-hydrogen) atoms. The molecule has 1 fully saturated rings. The van der Waals surface area contributed by atoms with Crippen molar-refractivity contribution in [2.45, 2.75) is 38.7 Å². The zero-order chi connectivity index (χ0) is 13.1. The molecule has 0 amide bonds. The van der Waals surface area contributed by atoms with Crippen molar-refractivity contribution < 1.29 is 19.4 Å². The molecule has 1 aliphatic heterocycles. The quantitative estimate of drug-likeness (QED) is 0.913. The second-order valence-electron chi connectivity index (χ2n) is 4.73. The molecule has 1 saturated heterocycles. The predicted molar refractivity (Wildman–Crippen MR) is 69.8 cm³/mol. The second kappa shape index (κ2) is 5.71. The Morgan fingerprint density at radius 2 is 2.17 bits per heavy atom. The molecular weight excluding hydrogens is 252 g/mol. The lowest BCUT2D eigenvalue weighted by Gasteiger charge is -2.23. The van der Waals surface area contributed by atoms with Gasteiger partial charge in [-0.1, -0.05) is 13.8 Å². The van der Waals surface area contributed by atoms with Crippen LogP contribution in [0.5, 0.6) is 5.75 Å². The van der Waals surface area contributed by atoms with Gasteiger partial charge in [0.25, 0.3) is 0 Å². The van der Waals surface area contributed by atoms with Gasteiger partial charge in [-0.15, -0.1) is 11.3 Å². The van der Waals surface area contributed by atoms with Crippen LogP contribution in [0.3, 0.4) is 0 Å². The number of rotatable bonds is 4. The number of thiophene rings is 1. The van der Waals surface area contributed by atoms with Gasteiger partial charge in [-0.3, -0.25) is 0 Å². The third kappa shape index (κ3) is 3.03. The molecule has 0 aliphatic carbocycles. The van der Waals surface area contributed by atoms with Crippen LogP contribution in [0.1, 0.15) is 47.2 Å². The first-order chi connectivity index (χ1) is 8.58. The van der Waals surface area contributed by atoms with Gasteiger partial charge in [-0.05, 0) is 12.0 Å². The van der Waals surface area contributed by atoms with Crippen LogP contribution in [-0.2, 0) is 4.74 Å². The summed E-state index contributed by atoms with van der Waals surface area (Å²) < 4.78 is 11.1. The van der Waals surface area contributed by atoms with E-state index >= 15 is 0 Å². The van der Waals surface area contributed by atoms with Crippen LogP contribution in [0, 0.1) is 0 Å². The molecule has 0 radical (unpaired) electrons. The van der Waals surface area contributed by atoms with Gasteiger partial charge >= 0.3 is 5.97 Å². The minimum absolute atomic E-state index is 0.0754. The van der Waals surface area contributed by atoms with Gasteiger partial charge in [-0.25, -0.2) is 4.79 Å². The first-order valence-corrected chi connectivity index (χ1v) is 7.01. The summed E-state index contributed by atoms with van der Waals surface area (Å²) in [6.45, 7) is 5.48. The monoisotopic (exact) mass is 270 g/mol. The highest BCUT2D eigenvalue weighted by Gasteiger charge is 2.22. The molecule has 1 aromatic rings. The highest BCUT2D eigenvalue weighted by molar-refractivity contribution is 7.14. The summed E-state index contributed by atoms with van der Waals surface area (Å²) in [6.07, 6.45) is 1.73. The molecule has 0 bridgehead atoms. The third-order valence-corrected chi connectivity index (χ3v) is 4.35.